The molecule has 1 heterocycles. The lowest BCUT2D eigenvalue weighted by Crippen LogP contribution is -2.32. The third-order valence-electron chi connectivity index (χ3n) is 6.15. The van der Waals surface area contributed by atoms with Crippen LogP contribution in [-0.4, -0.2) is 59.9 Å². The van der Waals surface area contributed by atoms with Crippen LogP contribution in [0.15, 0.2) is 93.4 Å². The van der Waals surface area contributed by atoms with Gasteiger partial charge in [-0.3, -0.25) is 24.5 Å². The van der Waals surface area contributed by atoms with E-state index < -0.39 is 0 Å². The number of anilines is 1. The molecule has 1 aliphatic carbocycles. The highest BCUT2D eigenvalue weighted by Gasteiger charge is 2.35. The van der Waals surface area contributed by atoms with Gasteiger partial charge in [-0.15, -0.1) is 12.6 Å². The van der Waals surface area contributed by atoms with Crippen molar-refractivity contribution in [1.82, 2.24) is 10.2 Å². The molecule has 1 fully saturated rings. The molecule has 0 aromatic heterocycles. The number of amides is 2. The van der Waals surface area contributed by atoms with Gasteiger partial charge in [-0.25, -0.2) is 0 Å². The summed E-state index contributed by atoms with van der Waals surface area (Å²) < 4.78 is 5.91. The van der Waals surface area contributed by atoms with Gasteiger partial charge in [0.1, 0.15) is 6.67 Å². The molecule has 8 nitrogen and oxygen atoms in total. The van der Waals surface area contributed by atoms with Gasteiger partial charge in [0.25, 0.3) is 5.91 Å². The van der Waals surface area contributed by atoms with Gasteiger partial charge in [0.15, 0.2) is 10.2 Å². The van der Waals surface area contributed by atoms with Gasteiger partial charge in [-0.05, 0) is 42.5 Å². The van der Waals surface area contributed by atoms with Crippen molar-refractivity contribution in [3.8, 4) is 0 Å². The van der Waals surface area contributed by atoms with E-state index >= 15 is 0 Å². The molecular formula is C29H33N5O3S2. The van der Waals surface area contributed by atoms with E-state index in [9.17, 15) is 9.59 Å². The predicted octanol–water partition coefficient (Wildman–Crippen LogP) is 4.51. The van der Waals surface area contributed by atoms with E-state index in [2.05, 4.69) is 22.9 Å². The topological polar surface area (TPSA) is 86.6 Å². The summed E-state index contributed by atoms with van der Waals surface area (Å²) in [6.07, 6.45) is 5.58. The van der Waals surface area contributed by atoms with E-state index in [0.29, 0.717) is 36.6 Å². The predicted molar refractivity (Wildman–Crippen MR) is 161 cm³/mol. The van der Waals surface area contributed by atoms with Crippen molar-refractivity contribution in [3.05, 3.63) is 84.1 Å². The van der Waals surface area contributed by atoms with E-state index in [4.69, 9.17) is 9.73 Å². The number of aliphatic imine (C=N–C) groups is 2. The Morgan fingerprint density at radius 3 is 2.62 bits per heavy atom. The molecule has 1 aliphatic heterocycles. The van der Waals surface area contributed by atoms with Gasteiger partial charge >= 0.3 is 0 Å². The third kappa shape index (κ3) is 7.62. The average Bonchev–Trinajstić information content (AvgIpc) is 3.21. The van der Waals surface area contributed by atoms with Crippen LogP contribution in [0.3, 0.4) is 0 Å². The molecule has 10 heteroatoms. The molecule has 2 atom stereocenters. The minimum absolute atomic E-state index is 0.0995. The fourth-order valence-electron chi connectivity index (χ4n) is 4.26. The van der Waals surface area contributed by atoms with Crippen molar-refractivity contribution in [2.75, 3.05) is 31.8 Å². The Morgan fingerprint density at radius 2 is 1.90 bits per heavy atom. The van der Waals surface area contributed by atoms with Gasteiger partial charge in [0.05, 0.1) is 24.9 Å². The number of allylic oxidation sites excluding steroid dienone is 1. The SMILES string of the molecule is CCOC1C=CC(NC(C)=O)=CC1CN=C1S/C(=N/CN(C)c2ccccc2S)C(=O)N1Cc1ccccc1. The maximum atomic E-state index is 13.5. The molecular weight excluding hydrogens is 530 g/mol. The number of nitrogens with one attached hydrogen (secondary N) is 1. The Kier molecular flexibility index (Phi) is 10.0. The highest BCUT2D eigenvalue weighted by molar-refractivity contribution is 8.28. The molecule has 1 N–H and O–H groups in total. The first-order valence-electron chi connectivity index (χ1n) is 12.8. The van der Waals surface area contributed by atoms with E-state index in [1.54, 1.807) is 4.90 Å². The number of benzene rings is 2. The number of para-hydroxylation sites is 1. The summed E-state index contributed by atoms with van der Waals surface area (Å²) in [5.74, 6) is -0.407. The van der Waals surface area contributed by atoms with Crippen molar-refractivity contribution in [1.29, 1.82) is 0 Å². The lowest BCUT2D eigenvalue weighted by Gasteiger charge is -2.25. The number of carbonyl (C=O) groups excluding carboxylic acids is 2. The lowest BCUT2D eigenvalue weighted by molar-refractivity contribution is -0.120. The second-order valence-corrected chi connectivity index (χ2v) is 10.6. The highest BCUT2D eigenvalue weighted by Crippen LogP contribution is 2.28. The van der Waals surface area contributed by atoms with E-state index in [-0.39, 0.29) is 23.8 Å². The lowest BCUT2D eigenvalue weighted by atomic mass is 9.96. The number of ether oxygens (including phenoxy) is 1. The number of amidine groups is 1. The monoisotopic (exact) mass is 563 g/mol. The first kappa shape index (κ1) is 28.7. The van der Waals surface area contributed by atoms with Crippen LogP contribution in [0.2, 0.25) is 0 Å². The summed E-state index contributed by atoms with van der Waals surface area (Å²) >= 11 is 5.82. The van der Waals surface area contributed by atoms with E-state index in [1.165, 1.54) is 18.7 Å². The summed E-state index contributed by atoms with van der Waals surface area (Å²) in [5.41, 5.74) is 2.65. The second kappa shape index (κ2) is 13.6. The fraction of sp³-hybridized carbons (Fsp3) is 0.310. The molecule has 2 amide bonds. The maximum absolute atomic E-state index is 13.5. The van der Waals surface area contributed by atoms with Crippen LogP contribution in [0, 0.1) is 5.92 Å². The molecule has 0 spiro atoms. The quantitative estimate of drug-likeness (QED) is 0.416. The zero-order chi connectivity index (χ0) is 27.8. The number of hydrogen-bond donors (Lipinski definition) is 2. The number of carbonyl (C=O) groups is 2. The van der Waals surface area contributed by atoms with Crippen molar-refractivity contribution >= 4 is 52.1 Å². The average molecular weight is 564 g/mol. The Hall–Kier alpha value is -3.34. The van der Waals surface area contributed by atoms with Crippen LogP contribution in [0.4, 0.5) is 5.69 Å². The summed E-state index contributed by atoms with van der Waals surface area (Å²) in [5, 5.41) is 3.83. The fourth-order valence-corrected chi connectivity index (χ4v) is 5.49. The van der Waals surface area contributed by atoms with Gasteiger partial charge in [0.2, 0.25) is 5.91 Å². The largest absolute Gasteiger partial charge is 0.374 e. The molecule has 2 aromatic rings. The van der Waals surface area contributed by atoms with Crippen LogP contribution < -0.4 is 10.2 Å². The maximum Gasteiger partial charge on any atom is 0.285 e. The van der Waals surface area contributed by atoms with Gasteiger partial charge in [0, 0.05) is 37.1 Å². The normalized spacial score (nSPS) is 21.0. The first-order valence-corrected chi connectivity index (χ1v) is 14.0. The van der Waals surface area contributed by atoms with Crippen LogP contribution in [0.25, 0.3) is 0 Å². The minimum Gasteiger partial charge on any atom is -0.374 e. The molecule has 4 rings (SSSR count). The molecule has 2 aliphatic rings. The van der Waals surface area contributed by atoms with Gasteiger partial charge in [-0.1, -0.05) is 54.6 Å². The van der Waals surface area contributed by atoms with Gasteiger partial charge in [-0.2, -0.15) is 0 Å². The molecule has 2 aromatic carbocycles. The summed E-state index contributed by atoms with van der Waals surface area (Å²) in [7, 11) is 1.92. The summed E-state index contributed by atoms with van der Waals surface area (Å²) in [6, 6.07) is 17.6. The summed E-state index contributed by atoms with van der Waals surface area (Å²) in [6.45, 7) is 5.07. The molecule has 0 bridgehead atoms. The van der Waals surface area contributed by atoms with Crippen molar-refractivity contribution in [3.63, 3.8) is 0 Å². The Bertz CT molecular complexity index is 1310. The zero-order valence-corrected chi connectivity index (χ0v) is 24.0. The summed E-state index contributed by atoms with van der Waals surface area (Å²) in [4.78, 5) is 39.1. The van der Waals surface area contributed by atoms with Crippen molar-refractivity contribution in [2.45, 2.75) is 31.4 Å². The Balaban J connectivity index is 1.57. The number of thiol groups is 1. The number of hydrogen-bond acceptors (Lipinski definition) is 8. The third-order valence-corrected chi connectivity index (χ3v) is 7.56. The molecule has 2 unspecified atom stereocenters. The molecule has 1 saturated heterocycles. The molecule has 39 heavy (non-hydrogen) atoms. The van der Waals surface area contributed by atoms with Crippen LogP contribution >= 0.6 is 24.4 Å². The second-order valence-electron chi connectivity index (χ2n) is 9.14. The first-order chi connectivity index (χ1) is 18.9. The number of nitrogens with zero attached hydrogens (tertiary/aromatic N) is 4. The van der Waals surface area contributed by atoms with Crippen molar-refractivity contribution in [2.24, 2.45) is 15.9 Å². The molecule has 0 radical (unpaired) electrons. The van der Waals surface area contributed by atoms with Gasteiger partial charge < -0.3 is 15.0 Å². The van der Waals surface area contributed by atoms with E-state index in [1.807, 2.05) is 91.7 Å². The minimum atomic E-state index is -0.176. The van der Waals surface area contributed by atoms with Crippen LogP contribution in [0.5, 0.6) is 0 Å². The standard InChI is InChI=1S/C29H33N5O3S2/c1-4-37-25-15-14-23(32-20(2)35)16-22(25)17-30-29-34(18-21-10-6-5-7-11-21)28(36)27(39-29)31-19-33(3)24-12-8-9-13-26(24)38/h5-16,22,25,38H,4,17-19H2,1-3H3,(H,32,35)/b30-29?,31-27+. The molecule has 204 valence electrons. The Morgan fingerprint density at radius 1 is 1.15 bits per heavy atom. The highest BCUT2D eigenvalue weighted by atomic mass is 32.2. The zero-order valence-electron chi connectivity index (χ0n) is 22.3. The number of rotatable bonds is 10. The number of thioether (sulfide) groups is 1. The molecule has 0 saturated carbocycles. The van der Waals surface area contributed by atoms with Crippen LogP contribution in [0.1, 0.15) is 19.4 Å². The van der Waals surface area contributed by atoms with Crippen molar-refractivity contribution < 1.29 is 14.3 Å². The Labute approximate surface area is 239 Å². The van der Waals surface area contributed by atoms with E-state index in [0.717, 1.165) is 21.8 Å². The smallest absolute Gasteiger partial charge is 0.285 e. The van der Waals surface area contributed by atoms with Crippen LogP contribution in [-0.2, 0) is 20.9 Å².